The third-order valence-electron chi connectivity index (χ3n) is 2.29. The molecule has 0 fully saturated rings. The number of nitrogens with one attached hydrogen (secondary N) is 2. The van der Waals surface area contributed by atoms with Gasteiger partial charge in [0.2, 0.25) is 5.95 Å². The van der Waals surface area contributed by atoms with E-state index in [-0.39, 0.29) is 22.7 Å². The van der Waals surface area contributed by atoms with Crippen LogP contribution in [0.2, 0.25) is 8.67 Å². The highest BCUT2D eigenvalue weighted by Gasteiger charge is 2.14. The van der Waals surface area contributed by atoms with Crippen molar-refractivity contribution in [1.82, 2.24) is 19.9 Å². The van der Waals surface area contributed by atoms with E-state index in [9.17, 15) is 4.79 Å². The molecule has 0 spiro atoms. The number of halogens is 2. The zero-order chi connectivity index (χ0) is 12.9. The van der Waals surface area contributed by atoms with Gasteiger partial charge in [0.25, 0.3) is 5.56 Å². The highest BCUT2D eigenvalue weighted by Crippen LogP contribution is 2.37. The summed E-state index contributed by atoms with van der Waals surface area (Å²) in [5, 5.41) is 0. The van der Waals surface area contributed by atoms with Crippen molar-refractivity contribution in [3.05, 3.63) is 25.1 Å². The van der Waals surface area contributed by atoms with Crippen molar-refractivity contribution in [2.24, 2.45) is 0 Å². The van der Waals surface area contributed by atoms with E-state index in [4.69, 9.17) is 28.9 Å². The van der Waals surface area contributed by atoms with Crippen molar-refractivity contribution >= 4 is 51.7 Å². The number of thiophene rings is 1. The van der Waals surface area contributed by atoms with E-state index in [0.717, 1.165) is 0 Å². The number of hydrogen-bond acceptors (Lipinski definition) is 5. The van der Waals surface area contributed by atoms with Crippen LogP contribution < -0.4 is 11.3 Å². The summed E-state index contributed by atoms with van der Waals surface area (Å²) in [7, 11) is 0. The molecule has 0 radical (unpaired) electrons. The Balaban J connectivity index is 2.29. The van der Waals surface area contributed by atoms with Crippen molar-refractivity contribution in [1.29, 1.82) is 0 Å². The predicted octanol–water partition coefficient (Wildman–Crippen LogP) is 2.26. The predicted molar refractivity (Wildman–Crippen MR) is 72.3 cm³/mol. The molecular formula is C9H5Cl2N5OS. The largest absolute Gasteiger partial charge is 0.369 e. The highest BCUT2D eigenvalue weighted by atomic mass is 35.5. The number of aromatic amines is 2. The molecule has 3 aromatic rings. The Morgan fingerprint density at radius 2 is 2.06 bits per heavy atom. The molecule has 0 amide bonds. The van der Waals surface area contributed by atoms with E-state index in [1.165, 1.54) is 11.3 Å². The van der Waals surface area contributed by atoms with E-state index in [1.54, 1.807) is 6.07 Å². The minimum atomic E-state index is -0.381. The van der Waals surface area contributed by atoms with Gasteiger partial charge in [-0.2, -0.15) is 4.98 Å². The molecule has 0 aromatic carbocycles. The normalized spacial score (nSPS) is 11.2. The Bertz CT molecular complexity index is 805. The highest BCUT2D eigenvalue weighted by molar-refractivity contribution is 7.20. The molecule has 0 bridgehead atoms. The van der Waals surface area contributed by atoms with Gasteiger partial charge in [-0.15, -0.1) is 11.3 Å². The first kappa shape index (κ1) is 11.5. The standard InChI is InChI=1S/C9H5Cl2N5OS/c10-3-1-2(5(11)18-3)6-13-4-7(14-6)15-9(12)16-8(4)17/h1H,(H4,12,13,14,15,16,17). The van der Waals surface area contributed by atoms with Crippen LogP contribution in [-0.2, 0) is 0 Å². The summed E-state index contributed by atoms with van der Waals surface area (Å²) in [6, 6.07) is 1.67. The number of nitrogen functional groups attached to an aromatic ring is 1. The number of rotatable bonds is 1. The van der Waals surface area contributed by atoms with Crippen LogP contribution in [0, 0.1) is 0 Å². The van der Waals surface area contributed by atoms with Crippen LogP contribution >= 0.6 is 34.5 Å². The van der Waals surface area contributed by atoms with Gasteiger partial charge in [0.1, 0.15) is 10.2 Å². The maximum absolute atomic E-state index is 11.6. The van der Waals surface area contributed by atoms with E-state index in [0.29, 0.717) is 20.1 Å². The molecule has 0 aliphatic rings. The maximum atomic E-state index is 11.6. The maximum Gasteiger partial charge on any atom is 0.278 e. The number of anilines is 1. The molecule has 4 N–H and O–H groups in total. The molecular weight excluding hydrogens is 297 g/mol. The van der Waals surface area contributed by atoms with E-state index >= 15 is 0 Å². The van der Waals surface area contributed by atoms with Gasteiger partial charge < -0.3 is 10.7 Å². The minimum Gasteiger partial charge on any atom is -0.369 e. The molecule has 0 aliphatic carbocycles. The second kappa shape index (κ2) is 3.98. The summed E-state index contributed by atoms with van der Waals surface area (Å²) in [6.45, 7) is 0. The van der Waals surface area contributed by atoms with Crippen LogP contribution in [0.1, 0.15) is 0 Å². The van der Waals surface area contributed by atoms with Gasteiger partial charge in [0, 0.05) is 5.56 Å². The Kier molecular flexibility index (Phi) is 2.54. The molecule has 92 valence electrons. The molecule has 9 heteroatoms. The summed E-state index contributed by atoms with van der Waals surface area (Å²) >= 11 is 13.1. The fourth-order valence-corrected chi connectivity index (χ4v) is 3.02. The lowest BCUT2D eigenvalue weighted by molar-refractivity contribution is 1.17. The molecule has 6 nitrogen and oxygen atoms in total. The van der Waals surface area contributed by atoms with Crippen molar-refractivity contribution in [2.75, 3.05) is 5.73 Å². The van der Waals surface area contributed by atoms with Crippen molar-refractivity contribution in [3.63, 3.8) is 0 Å². The van der Waals surface area contributed by atoms with Gasteiger partial charge in [0.05, 0.1) is 4.34 Å². The average Bonchev–Trinajstić information content (AvgIpc) is 2.81. The van der Waals surface area contributed by atoms with Crippen LogP contribution in [0.5, 0.6) is 0 Å². The Labute approximate surface area is 114 Å². The van der Waals surface area contributed by atoms with Crippen molar-refractivity contribution < 1.29 is 0 Å². The zero-order valence-corrected chi connectivity index (χ0v) is 10.9. The number of aromatic nitrogens is 4. The van der Waals surface area contributed by atoms with E-state index < -0.39 is 0 Å². The molecule has 0 unspecified atom stereocenters. The SMILES string of the molecule is Nc1nc2nc(-c3cc(Cl)sc3Cl)[nH]c2c(=O)[nH]1. The Morgan fingerprint density at radius 3 is 2.72 bits per heavy atom. The van der Waals surface area contributed by atoms with Gasteiger partial charge in [-0.1, -0.05) is 23.2 Å². The van der Waals surface area contributed by atoms with Crippen LogP contribution in [-0.4, -0.2) is 19.9 Å². The van der Waals surface area contributed by atoms with Gasteiger partial charge in [-0.05, 0) is 6.07 Å². The topological polar surface area (TPSA) is 100 Å². The third-order valence-corrected chi connectivity index (χ3v) is 3.78. The molecule has 3 rings (SSSR count). The molecule has 3 heterocycles. The van der Waals surface area contributed by atoms with Crippen LogP contribution in [0.4, 0.5) is 5.95 Å². The molecule has 0 aliphatic heterocycles. The van der Waals surface area contributed by atoms with Gasteiger partial charge >= 0.3 is 0 Å². The van der Waals surface area contributed by atoms with Gasteiger partial charge in [-0.25, -0.2) is 4.98 Å². The lowest BCUT2D eigenvalue weighted by Crippen LogP contribution is -2.10. The van der Waals surface area contributed by atoms with E-state index in [1.807, 2.05) is 0 Å². The lowest BCUT2D eigenvalue weighted by atomic mass is 10.3. The van der Waals surface area contributed by atoms with Gasteiger partial charge in [0.15, 0.2) is 11.2 Å². The first-order valence-corrected chi connectivity index (χ1v) is 6.32. The van der Waals surface area contributed by atoms with Crippen LogP contribution in [0.3, 0.4) is 0 Å². The number of fused-ring (bicyclic) bond motifs is 1. The van der Waals surface area contributed by atoms with Crippen molar-refractivity contribution in [2.45, 2.75) is 0 Å². The second-order valence-electron chi connectivity index (χ2n) is 3.47. The third kappa shape index (κ3) is 1.76. The quantitative estimate of drug-likeness (QED) is 0.642. The number of H-pyrrole nitrogens is 2. The Hall–Kier alpha value is -1.57. The Morgan fingerprint density at radius 1 is 1.28 bits per heavy atom. The van der Waals surface area contributed by atoms with Crippen molar-refractivity contribution in [3.8, 4) is 11.4 Å². The molecule has 0 atom stereocenters. The van der Waals surface area contributed by atoms with Crippen LogP contribution in [0.25, 0.3) is 22.6 Å². The number of nitrogens with two attached hydrogens (primary N) is 1. The molecule has 0 saturated carbocycles. The number of imidazole rings is 1. The first-order chi connectivity index (χ1) is 8.54. The fraction of sp³-hybridized carbons (Fsp3) is 0. The average molecular weight is 302 g/mol. The minimum absolute atomic E-state index is 0.0139. The summed E-state index contributed by atoms with van der Waals surface area (Å²) in [5.74, 6) is 0.446. The fourth-order valence-electron chi connectivity index (χ4n) is 1.55. The number of nitrogens with zero attached hydrogens (tertiary/aromatic N) is 2. The summed E-state index contributed by atoms with van der Waals surface area (Å²) < 4.78 is 1.03. The van der Waals surface area contributed by atoms with Crippen LogP contribution in [0.15, 0.2) is 10.9 Å². The monoisotopic (exact) mass is 301 g/mol. The van der Waals surface area contributed by atoms with Gasteiger partial charge in [-0.3, -0.25) is 9.78 Å². The van der Waals surface area contributed by atoms with E-state index in [2.05, 4.69) is 19.9 Å². The summed E-state index contributed by atoms with van der Waals surface area (Å²) in [4.78, 5) is 25.0. The molecule has 18 heavy (non-hydrogen) atoms. The summed E-state index contributed by atoms with van der Waals surface area (Å²) in [5.41, 5.74) is 6.18. The molecule has 3 aromatic heterocycles. The smallest absolute Gasteiger partial charge is 0.278 e. The zero-order valence-electron chi connectivity index (χ0n) is 8.62. The molecule has 0 saturated heterocycles. The summed E-state index contributed by atoms with van der Waals surface area (Å²) in [6.07, 6.45) is 0. The lowest BCUT2D eigenvalue weighted by Gasteiger charge is -1.89. The number of hydrogen-bond donors (Lipinski definition) is 3. The first-order valence-electron chi connectivity index (χ1n) is 4.75. The second-order valence-corrected chi connectivity index (χ2v) is 5.76.